The summed E-state index contributed by atoms with van der Waals surface area (Å²) in [7, 11) is 0. The van der Waals surface area contributed by atoms with Crippen LogP contribution in [0.1, 0.15) is 12.8 Å². The number of carbonyl (C=O) groups is 1. The van der Waals surface area contributed by atoms with Gasteiger partial charge in [-0.25, -0.2) is 0 Å². The van der Waals surface area contributed by atoms with Gasteiger partial charge in [0, 0.05) is 24.1 Å². The molecule has 1 unspecified atom stereocenters. The van der Waals surface area contributed by atoms with Crippen molar-refractivity contribution >= 4 is 6.29 Å². The van der Waals surface area contributed by atoms with Gasteiger partial charge in [0.15, 0.2) is 0 Å². The molecule has 0 aromatic heterocycles. The number of allylic oxidation sites excluding steroid dienone is 2. The molecule has 2 rings (SSSR count). The Bertz CT molecular complexity index is 186. The fraction of sp³-hybridized carbons (Fsp3) is 0.625. The fourth-order valence-electron chi connectivity index (χ4n) is 1.89. The van der Waals surface area contributed by atoms with Gasteiger partial charge in [-0.1, -0.05) is 6.08 Å². The van der Waals surface area contributed by atoms with Crippen LogP contribution in [0.4, 0.5) is 0 Å². The second-order valence-corrected chi connectivity index (χ2v) is 3.02. The first-order valence-electron chi connectivity index (χ1n) is 3.81. The molecule has 0 amide bonds. The van der Waals surface area contributed by atoms with Gasteiger partial charge in [0.2, 0.25) is 0 Å². The van der Waals surface area contributed by atoms with Crippen LogP contribution in [0.15, 0.2) is 11.8 Å². The van der Waals surface area contributed by atoms with E-state index < -0.39 is 0 Å². The van der Waals surface area contributed by atoms with E-state index in [4.69, 9.17) is 0 Å². The predicted octanol–water partition coefficient (Wildman–Crippen LogP) is 0.699. The first-order valence-corrected chi connectivity index (χ1v) is 3.81. The van der Waals surface area contributed by atoms with E-state index in [1.54, 1.807) is 0 Å². The summed E-state index contributed by atoms with van der Waals surface area (Å²) >= 11 is 0. The zero-order valence-corrected chi connectivity index (χ0v) is 5.84. The lowest BCUT2D eigenvalue weighted by molar-refractivity contribution is -0.111. The molecular formula is C8H11NO. The van der Waals surface area contributed by atoms with Crippen molar-refractivity contribution in [2.45, 2.75) is 12.8 Å². The summed E-state index contributed by atoms with van der Waals surface area (Å²) in [4.78, 5) is 10.5. The van der Waals surface area contributed by atoms with Crippen LogP contribution in [0.5, 0.6) is 0 Å². The van der Waals surface area contributed by atoms with E-state index in [1.165, 1.54) is 12.1 Å². The van der Waals surface area contributed by atoms with Crippen molar-refractivity contribution in [3.8, 4) is 0 Å². The third-order valence-corrected chi connectivity index (χ3v) is 2.47. The van der Waals surface area contributed by atoms with Crippen molar-refractivity contribution in [1.29, 1.82) is 0 Å². The van der Waals surface area contributed by atoms with Crippen molar-refractivity contribution in [3.05, 3.63) is 11.8 Å². The van der Waals surface area contributed by atoms with Gasteiger partial charge in [0.05, 0.1) is 0 Å². The van der Waals surface area contributed by atoms with Crippen LogP contribution in [0.3, 0.4) is 0 Å². The summed E-state index contributed by atoms with van der Waals surface area (Å²) < 4.78 is 0. The molecule has 0 spiro atoms. The Morgan fingerprint density at radius 1 is 1.70 bits per heavy atom. The Kier molecular flexibility index (Phi) is 1.26. The van der Waals surface area contributed by atoms with Gasteiger partial charge in [-0.05, 0) is 12.8 Å². The van der Waals surface area contributed by atoms with E-state index in [2.05, 4.69) is 11.4 Å². The molecule has 1 saturated heterocycles. The normalized spacial score (nSPS) is 36.6. The van der Waals surface area contributed by atoms with Crippen LogP contribution in [0.25, 0.3) is 0 Å². The summed E-state index contributed by atoms with van der Waals surface area (Å²) in [6.45, 7) is 0.861. The van der Waals surface area contributed by atoms with Crippen LogP contribution in [0, 0.1) is 11.8 Å². The number of hydrogen-bond donors (Lipinski definition) is 1. The maximum Gasteiger partial charge on any atom is 0.125 e. The third-order valence-electron chi connectivity index (χ3n) is 2.47. The van der Waals surface area contributed by atoms with Gasteiger partial charge in [0.25, 0.3) is 0 Å². The SMILES string of the molecule is O=CC1CNC2=CCC[C@H]21. The second-order valence-electron chi connectivity index (χ2n) is 3.02. The zero-order chi connectivity index (χ0) is 6.97. The highest BCUT2D eigenvalue weighted by Crippen LogP contribution is 2.33. The first kappa shape index (κ1) is 5.96. The molecule has 54 valence electrons. The molecule has 1 heterocycles. The van der Waals surface area contributed by atoms with Crippen molar-refractivity contribution < 1.29 is 4.79 Å². The lowest BCUT2D eigenvalue weighted by Gasteiger charge is -2.06. The monoisotopic (exact) mass is 137 g/mol. The summed E-state index contributed by atoms with van der Waals surface area (Å²) in [5, 5.41) is 3.25. The highest BCUT2D eigenvalue weighted by molar-refractivity contribution is 5.57. The molecule has 10 heavy (non-hydrogen) atoms. The quantitative estimate of drug-likeness (QED) is 0.539. The van der Waals surface area contributed by atoms with Gasteiger partial charge in [-0.3, -0.25) is 0 Å². The molecule has 2 aliphatic rings. The van der Waals surface area contributed by atoms with Crippen molar-refractivity contribution in [2.24, 2.45) is 11.8 Å². The summed E-state index contributed by atoms with van der Waals surface area (Å²) in [5.74, 6) is 0.797. The van der Waals surface area contributed by atoms with Gasteiger partial charge in [-0.2, -0.15) is 0 Å². The molecule has 0 saturated carbocycles. The molecule has 1 aliphatic heterocycles. The summed E-state index contributed by atoms with van der Waals surface area (Å²) in [6.07, 6.45) is 5.63. The minimum Gasteiger partial charge on any atom is -0.388 e. The molecule has 1 fully saturated rings. The number of aldehydes is 1. The van der Waals surface area contributed by atoms with Crippen LogP contribution in [-0.2, 0) is 4.79 Å². The molecule has 2 nitrogen and oxygen atoms in total. The molecular weight excluding hydrogens is 126 g/mol. The molecule has 1 N–H and O–H groups in total. The van der Waals surface area contributed by atoms with E-state index in [0.717, 1.165) is 19.3 Å². The first-order chi connectivity index (χ1) is 4.92. The fourth-order valence-corrected chi connectivity index (χ4v) is 1.89. The maximum atomic E-state index is 10.5. The Morgan fingerprint density at radius 3 is 3.40 bits per heavy atom. The molecule has 2 heteroatoms. The molecule has 0 aromatic rings. The van der Waals surface area contributed by atoms with Crippen LogP contribution in [0.2, 0.25) is 0 Å². The number of nitrogens with one attached hydrogen (secondary N) is 1. The Hall–Kier alpha value is -0.790. The van der Waals surface area contributed by atoms with Crippen LogP contribution >= 0.6 is 0 Å². The van der Waals surface area contributed by atoms with E-state index in [-0.39, 0.29) is 5.92 Å². The van der Waals surface area contributed by atoms with E-state index >= 15 is 0 Å². The van der Waals surface area contributed by atoms with Crippen LogP contribution < -0.4 is 5.32 Å². The standard InChI is InChI=1S/C8H11NO/c10-5-6-4-9-8-3-1-2-7(6)8/h3,5-7,9H,1-2,4H2/t6?,7-/m0/s1. The smallest absolute Gasteiger partial charge is 0.125 e. The number of hydrogen-bond acceptors (Lipinski definition) is 2. The number of rotatable bonds is 1. The van der Waals surface area contributed by atoms with E-state index in [1.807, 2.05) is 0 Å². The number of fused-ring (bicyclic) bond motifs is 1. The lowest BCUT2D eigenvalue weighted by atomic mass is 9.95. The van der Waals surface area contributed by atoms with Crippen LogP contribution in [-0.4, -0.2) is 12.8 Å². The van der Waals surface area contributed by atoms with Gasteiger partial charge < -0.3 is 10.1 Å². The minimum atomic E-state index is 0.258. The van der Waals surface area contributed by atoms with E-state index in [9.17, 15) is 4.79 Å². The topological polar surface area (TPSA) is 29.1 Å². The van der Waals surface area contributed by atoms with Crippen molar-refractivity contribution in [2.75, 3.05) is 6.54 Å². The third kappa shape index (κ3) is 0.681. The Morgan fingerprint density at radius 2 is 2.60 bits per heavy atom. The summed E-state index contributed by atoms with van der Waals surface area (Å²) in [6, 6.07) is 0. The average Bonchev–Trinajstić information content (AvgIpc) is 2.44. The highest BCUT2D eigenvalue weighted by atomic mass is 16.1. The predicted molar refractivity (Wildman–Crippen MR) is 38.4 cm³/mol. The second kappa shape index (κ2) is 2.11. The molecule has 1 aliphatic carbocycles. The van der Waals surface area contributed by atoms with Crippen molar-refractivity contribution in [3.63, 3.8) is 0 Å². The van der Waals surface area contributed by atoms with Crippen molar-refractivity contribution in [1.82, 2.24) is 5.32 Å². The lowest BCUT2D eigenvalue weighted by Crippen LogP contribution is -2.12. The van der Waals surface area contributed by atoms with E-state index in [0.29, 0.717) is 5.92 Å². The minimum absolute atomic E-state index is 0.258. The number of carbonyl (C=O) groups excluding carboxylic acids is 1. The molecule has 2 atom stereocenters. The molecule has 0 radical (unpaired) electrons. The molecule has 0 bridgehead atoms. The van der Waals surface area contributed by atoms with Gasteiger partial charge in [-0.15, -0.1) is 0 Å². The molecule has 0 aromatic carbocycles. The zero-order valence-electron chi connectivity index (χ0n) is 5.84. The average molecular weight is 137 g/mol. The van der Waals surface area contributed by atoms with Gasteiger partial charge in [0.1, 0.15) is 6.29 Å². The Balaban J connectivity index is 2.18. The van der Waals surface area contributed by atoms with Gasteiger partial charge >= 0.3 is 0 Å². The Labute approximate surface area is 60.3 Å². The summed E-state index contributed by atoms with van der Waals surface area (Å²) in [5.41, 5.74) is 1.32. The highest BCUT2D eigenvalue weighted by Gasteiger charge is 2.32. The largest absolute Gasteiger partial charge is 0.388 e. The maximum absolute atomic E-state index is 10.5.